The van der Waals surface area contributed by atoms with E-state index in [0.717, 1.165) is 11.1 Å². The maximum absolute atomic E-state index is 12.6. The summed E-state index contributed by atoms with van der Waals surface area (Å²) < 4.78 is 2.03. The number of rotatable bonds is 6. The lowest BCUT2D eigenvalue weighted by molar-refractivity contribution is -0.688. The highest BCUT2D eigenvalue weighted by molar-refractivity contribution is 6.30. The Morgan fingerprint density at radius 3 is 2.20 bits per heavy atom. The first-order valence-corrected chi connectivity index (χ1v) is 9.66. The van der Waals surface area contributed by atoms with Gasteiger partial charge in [0.15, 0.2) is 24.7 Å². The van der Waals surface area contributed by atoms with Crippen LogP contribution in [0.25, 0.3) is 11.4 Å². The van der Waals surface area contributed by atoms with Crippen molar-refractivity contribution < 1.29 is 26.3 Å². The first-order chi connectivity index (χ1) is 14.1. The van der Waals surface area contributed by atoms with Gasteiger partial charge in [0.2, 0.25) is 5.82 Å². The average Bonchev–Trinajstić information content (AvgIpc) is 3.24. The van der Waals surface area contributed by atoms with Crippen LogP contribution in [0.3, 0.4) is 0 Å². The molecule has 0 aliphatic heterocycles. The third-order valence-electron chi connectivity index (χ3n) is 4.57. The normalized spacial score (nSPS) is 10.5. The lowest BCUT2D eigenvalue weighted by Gasteiger charge is -2.02. The Morgan fingerprint density at radius 2 is 1.60 bits per heavy atom. The molecule has 6 nitrogen and oxygen atoms in total. The molecule has 2 heterocycles. The fourth-order valence-electron chi connectivity index (χ4n) is 2.94. The molecule has 0 aliphatic carbocycles. The van der Waals surface area contributed by atoms with Crippen molar-refractivity contribution in [3.63, 3.8) is 0 Å². The molecule has 0 aliphatic rings. The molecule has 0 fully saturated rings. The number of pyridine rings is 1. The third-order valence-corrected chi connectivity index (χ3v) is 4.82. The van der Waals surface area contributed by atoms with Crippen LogP contribution in [0, 0.1) is 0 Å². The molecule has 0 unspecified atom stereocenters. The molecule has 0 radical (unpaired) electrons. The molecular formula is C22H19BrClN5O. The molecule has 0 N–H and O–H groups in total. The summed E-state index contributed by atoms with van der Waals surface area (Å²) in [5.41, 5.74) is 3.33. The largest absolute Gasteiger partial charge is 1.00 e. The monoisotopic (exact) mass is 483 g/mol. The molecule has 0 amide bonds. The number of hydrogen-bond donors (Lipinski definition) is 0. The number of carbonyl (C=O) groups excluding carboxylic acids is 1. The second kappa shape index (κ2) is 9.73. The van der Waals surface area contributed by atoms with Crippen LogP contribution in [0.5, 0.6) is 0 Å². The molecule has 2 aromatic heterocycles. The smallest absolute Gasteiger partial charge is 0.204 e. The van der Waals surface area contributed by atoms with Gasteiger partial charge in [-0.3, -0.25) is 4.79 Å². The van der Waals surface area contributed by atoms with Gasteiger partial charge in [-0.1, -0.05) is 35.9 Å². The van der Waals surface area contributed by atoms with Gasteiger partial charge in [-0.25, -0.2) is 4.57 Å². The van der Waals surface area contributed by atoms with Gasteiger partial charge >= 0.3 is 0 Å². The van der Waals surface area contributed by atoms with Crippen LogP contribution < -0.4 is 21.5 Å². The van der Waals surface area contributed by atoms with Gasteiger partial charge in [0.05, 0.1) is 6.54 Å². The lowest BCUT2D eigenvalue weighted by atomic mass is 10.0. The molecule has 152 valence electrons. The van der Waals surface area contributed by atoms with Crippen molar-refractivity contribution in [2.24, 2.45) is 0 Å². The van der Waals surface area contributed by atoms with E-state index in [0.29, 0.717) is 35.1 Å². The molecule has 8 heteroatoms. The van der Waals surface area contributed by atoms with Crippen molar-refractivity contribution in [3.8, 4) is 11.4 Å². The average molecular weight is 485 g/mol. The highest BCUT2D eigenvalue weighted by Gasteiger charge is 2.12. The summed E-state index contributed by atoms with van der Waals surface area (Å²) in [5, 5.41) is 13.0. The van der Waals surface area contributed by atoms with Gasteiger partial charge in [-0.15, -0.1) is 10.2 Å². The number of hydrogen-bond acceptors (Lipinski definition) is 4. The molecule has 0 atom stereocenters. The second-order valence-corrected chi connectivity index (χ2v) is 7.03. The van der Waals surface area contributed by atoms with Crippen LogP contribution in [0.15, 0.2) is 73.1 Å². The SMILES string of the molecule is CCn1nnc(-c2ccc(C[n+]3ccc(C(=O)c4ccc(Cl)cc4)cc3)cc2)n1.[Br-]. The lowest BCUT2D eigenvalue weighted by Crippen LogP contribution is -3.00. The van der Waals surface area contributed by atoms with Crippen molar-refractivity contribution in [3.05, 3.63) is 94.8 Å². The van der Waals surface area contributed by atoms with Crippen molar-refractivity contribution in [2.45, 2.75) is 20.0 Å². The van der Waals surface area contributed by atoms with E-state index in [2.05, 4.69) is 15.4 Å². The Bertz CT molecular complexity index is 1130. The highest BCUT2D eigenvalue weighted by Crippen LogP contribution is 2.15. The Labute approximate surface area is 189 Å². The van der Waals surface area contributed by atoms with Crippen molar-refractivity contribution in [2.75, 3.05) is 0 Å². The molecule has 4 rings (SSSR count). The summed E-state index contributed by atoms with van der Waals surface area (Å²) in [7, 11) is 0. The van der Waals surface area contributed by atoms with Crippen LogP contribution in [0.1, 0.15) is 28.4 Å². The number of benzene rings is 2. The van der Waals surface area contributed by atoms with Gasteiger partial charge < -0.3 is 17.0 Å². The zero-order chi connectivity index (χ0) is 20.2. The number of aryl methyl sites for hydroxylation is 1. The van der Waals surface area contributed by atoms with E-state index in [4.69, 9.17) is 11.6 Å². The highest BCUT2D eigenvalue weighted by atomic mass is 79.9. The summed E-state index contributed by atoms with van der Waals surface area (Å²) in [4.78, 5) is 14.1. The minimum Gasteiger partial charge on any atom is -1.00 e. The Kier molecular flexibility index (Phi) is 7.07. The number of tetrazole rings is 1. The van der Waals surface area contributed by atoms with E-state index < -0.39 is 0 Å². The Hall–Kier alpha value is -2.90. The summed E-state index contributed by atoms with van der Waals surface area (Å²) in [6.07, 6.45) is 3.82. The molecule has 4 aromatic rings. The maximum atomic E-state index is 12.6. The number of nitrogens with zero attached hydrogens (tertiary/aromatic N) is 5. The van der Waals surface area contributed by atoms with E-state index in [9.17, 15) is 4.79 Å². The molecule has 30 heavy (non-hydrogen) atoms. The molecule has 0 spiro atoms. The fourth-order valence-corrected chi connectivity index (χ4v) is 3.07. The molecule has 0 saturated carbocycles. The van der Waals surface area contributed by atoms with Crippen molar-refractivity contribution in [1.82, 2.24) is 20.2 Å². The van der Waals surface area contributed by atoms with Crippen LogP contribution in [-0.4, -0.2) is 26.0 Å². The van der Waals surface area contributed by atoms with Crippen molar-refractivity contribution in [1.29, 1.82) is 0 Å². The van der Waals surface area contributed by atoms with E-state index in [-0.39, 0.29) is 22.8 Å². The molecule has 2 aromatic carbocycles. The van der Waals surface area contributed by atoms with Gasteiger partial charge in [0.25, 0.3) is 0 Å². The van der Waals surface area contributed by atoms with Crippen molar-refractivity contribution >= 4 is 17.4 Å². The predicted octanol–water partition coefficient (Wildman–Crippen LogP) is 0.584. The summed E-state index contributed by atoms with van der Waals surface area (Å²) in [6.45, 7) is 3.36. The summed E-state index contributed by atoms with van der Waals surface area (Å²) >= 11 is 5.89. The number of carbonyl (C=O) groups is 1. The first kappa shape index (κ1) is 21.8. The van der Waals surface area contributed by atoms with Crippen LogP contribution in [-0.2, 0) is 13.1 Å². The Balaban J connectivity index is 0.00000256. The quantitative estimate of drug-likeness (QED) is 0.297. The standard InChI is InChI=1S/C22H19ClN5O.BrH/c1-2-28-25-22(24-26-28)19-5-3-16(4-6-19)15-27-13-11-18(12-14-27)21(29)17-7-9-20(23)10-8-17;/h3-14H,2,15H2,1H3;1H/q+1;/p-1. The van der Waals surface area contributed by atoms with E-state index in [1.165, 1.54) is 0 Å². The van der Waals surface area contributed by atoms with Gasteiger partial charge in [-0.2, -0.15) is 4.80 Å². The minimum atomic E-state index is -0.0224. The minimum absolute atomic E-state index is 0. The molecule has 0 saturated heterocycles. The summed E-state index contributed by atoms with van der Waals surface area (Å²) in [6, 6.07) is 18.7. The van der Waals surface area contributed by atoms with Gasteiger partial charge in [0, 0.05) is 39.4 Å². The predicted molar refractivity (Wildman–Crippen MR) is 110 cm³/mol. The number of halogens is 2. The zero-order valence-corrected chi connectivity index (χ0v) is 18.6. The van der Waals surface area contributed by atoms with E-state index in [1.807, 2.05) is 60.3 Å². The molecular weight excluding hydrogens is 466 g/mol. The number of ketones is 1. The summed E-state index contributed by atoms with van der Waals surface area (Å²) in [5.74, 6) is 0.599. The zero-order valence-electron chi connectivity index (χ0n) is 16.2. The van der Waals surface area contributed by atoms with Crippen LogP contribution in [0.4, 0.5) is 0 Å². The van der Waals surface area contributed by atoms with Gasteiger partial charge in [-0.05, 0) is 36.4 Å². The maximum Gasteiger partial charge on any atom is 0.204 e. The van der Waals surface area contributed by atoms with E-state index in [1.54, 1.807) is 29.1 Å². The third kappa shape index (κ3) is 4.98. The van der Waals surface area contributed by atoms with E-state index >= 15 is 0 Å². The molecule has 0 bridgehead atoms. The van der Waals surface area contributed by atoms with Crippen LogP contribution in [0.2, 0.25) is 5.02 Å². The topological polar surface area (TPSA) is 64.6 Å². The first-order valence-electron chi connectivity index (χ1n) is 9.29. The Morgan fingerprint density at radius 1 is 0.967 bits per heavy atom. The fraction of sp³-hybridized carbons (Fsp3) is 0.136. The van der Waals surface area contributed by atoms with Crippen LogP contribution >= 0.6 is 11.6 Å². The number of aromatic nitrogens is 5. The van der Waals surface area contributed by atoms with Gasteiger partial charge in [0.1, 0.15) is 0 Å². The second-order valence-electron chi connectivity index (χ2n) is 6.59.